The number of nitrogens with zero attached hydrogens (tertiary/aromatic N) is 1. The van der Waals surface area contributed by atoms with Crippen molar-refractivity contribution in [1.29, 1.82) is 0 Å². The van der Waals surface area contributed by atoms with Crippen LogP contribution in [-0.4, -0.2) is 56.2 Å². The second-order valence-corrected chi connectivity index (χ2v) is 11.8. The fraction of sp³-hybridized carbons (Fsp3) is 0.483. The van der Waals surface area contributed by atoms with Crippen molar-refractivity contribution >= 4 is 17.9 Å². The standard InChI is InChI=1S/C29H39N3O6/c1-28(2,3)31-25(35)24(19-9-15-22(34)16-10-19)32(20-11-12-20)26(36)23(30-27(37)38-29(4,5)6)17-18-7-13-21(33)14-8-18/h7-10,13-16,20,23-24,33-34H,11-12,17H2,1-6H3,(H,30,37)(H,31,35). The van der Waals surface area contributed by atoms with Gasteiger partial charge in [-0.2, -0.15) is 0 Å². The van der Waals surface area contributed by atoms with Crippen molar-refractivity contribution in [3.05, 3.63) is 59.7 Å². The molecule has 1 fully saturated rings. The maximum Gasteiger partial charge on any atom is 0.408 e. The average Bonchev–Trinajstić information content (AvgIpc) is 3.61. The molecule has 206 valence electrons. The van der Waals surface area contributed by atoms with E-state index in [0.29, 0.717) is 11.1 Å². The Morgan fingerprint density at radius 1 is 0.921 bits per heavy atom. The number of alkyl carbamates (subject to hydrolysis) is 1. The molecule has 1 aliphatic rings. The summed E-state index contributed by atoms with van der Waals surface area (Å²) in [5.74, 6) is -0.648. The molecular weight excluding hydrogens is 486 g/mol. The Labute approximate surface area is 224 Å². The first-order valence-corrected chi connectivity index (χ1v) is 12.8. The number of nitrogens with one attached hydrogen (secondary N) is 2. The molecule has 9 nitrogen and oxygen atoms in total. The Hall–Kier alpha value is -3.75. The Bertz CT molecular complexity index is 1130. The van der Waals surface area contributed by atoms with E-state index in [-0.39, 0.29) is 29.9 Å². The molecule has 0 saturated heterocycles. The van der Waals surface area contributed by atoms with Crippen LogP contribution < -0.4 is 10.6 Å². The number of hydrogen-bond acceptors (Lipinski definition) is 6. The molecule has 2 unspecified atom stereocenters. The fourth-order valence-electron chi connectivity index (χ4n) is 4.10. The van der Waals surface area contributed by atoms with Crippen molar-refractivity contribution < 1.29 is 29.3 Å². The SMILES string of the molecule is CC(C)(C)NC(=O)C(c1ccc(O)cc1)N(C(=O)C(Cc1ccc(O)cc1)NC(=O)OC(C)(C)C)C1CC1. The number of rotatable bonds is 8. The summed E-state index contributed by atoms with van der Waals surface area (Å²) in [4.78, 5) is 42.2. The summed E-state index contributed by atoms with van der Waals surface area (Å²) in [5.41, 5.74) is -0.0584. The number of amides is 3. The van der Waals surface area contributed by atoms with Gasteiger partial charge in [-0.1, -0.05) is 24.3 Å². The summed E-state index contributed by atoms with van der Waals surface area (Å²) in [6.07, 6.45) is 0.832. The topological polar surface area (TPSA) is 128 Å². The summed E-state index contributed by atoms with van der Waals surface area (Å²) in [6, 6.07) is 10.4. The van der Waals surface area contributed by atoms with Crippen molar-refractivity contribution in [3.63, 3.8) is 0 Å². The van der Waals surface area contributed by atoms with Crippen LogP contribution in [0, 0.1) is 0 Å². The third-order valence-electron chi connectivity index (χ3n) is 5.79. The van der Waals surface area contributed by atoms with Gasteiger partial charge in [0.15, 0.2) is 0 Å². The number of carbonyl (C=O) groups excluding carboxylic acids is 3. The van der Waals surface area contributed by atoms with Gasteiger partial charge in [-0.3, -0.25) is 9.59 Å². The lowest BCUT2D eigenvalue weighted by Crippen LogP contribution is -2.55. The third kappa shape index (κ3) is 8.39. The van der Waals surface area contributed by atoms with Gasteiger partial charge in [-0.15, -0.1) is 0 Å². The minimum Gasteiger partial charge on any atom is -0.508 e. The van der Waals surface area contributed by atoms with E-state index in [0.717, 1.165) is 12.8 Å². The molecule has 1 aliphatic carbocycles. The quantitative estimate of drug-likeness (QED) is 0.409. The van der Waals surface area contributed by atoms with Gasteiger partial charge in [0.25, 0.3) is 0 Å². The van der Waals surface area contributed by atoms with Gasteiger partial charge >= 0.3 is 6.09 Å². The Kier molecular flexibility index (Phi) is 8.59. The van der Waals surface area contributed by atoms with Crippen LogP contribution in [0.2, 0.25) is 0 Å². The Morgan fingerprint density at radius 3 is 1.92 bits per heavy atom. The second kappa shape index (κ2) is 11.3. The molecule has 2 aromatic carbocycles. The maximum atomic E-state index is 14.2. The molecule has 9 heteroatoms. The molecule has 0 spiro atoms. The minimum atomic E-state index is -1.03. The normalized spacial score (nSPS) is 15.2. The predicted octanol–water partition coefficient (Wildman–Crippen LogP) is 4.18. The molecule has 4 N–H and O–H groups in total. The van der Waals surface area contributed by atoms with E-state index in [1.165, 1.54) is 24.3 Å². The van der Waals surface area contributed by atoms with Crippen molar-refractivity contribution in [1.82, 2.24) is 15.5 Å². The van der Waals surface area contributed by atoms with Crippen LogP contribution in [-0.2, 0) is 20.7 Å². The predicted molar refractivity (Wildman–Crippen MR) is 144 cm³/mol. The van der Waals surface area contributed by atoms with E-state index in [4.69, 9.17) is 4.74 Å². The number of benzene rings is 2. The van der Waals surface area contributed by atoms with E-state index in [9.17, 15) is 24.6 Å². The van der Waals surface area contributed by atoms with Crippen LogP contribution in [0.1, 0.15) is 71.6 Å². The zero-order valence-electron chi connectivity index (χ0n) is 22.9. The van der Waals surface area contributed by atoms with E-state index >= 15 is 0 Å². The zero-order valence-corrected chi connectivity index (χ0v) is 22.9. The summed E-state index contributed by atoms with van der Waals surface area (Å²) >= 11 is 0. The number of aromatic hydroxyl groups is 2. The van der Waals surface area contributed by atoms with Gasteiger partial charge in [0.05, 0.1) is 0 Å². The highest BCUT2D eigenvalue weighted by molar-refractivity contribution is 5.93. The monoisotopic (exact) mass is 525 g/mol. The zero-order chi connectivity index (χ0) is 28.3. The molecule has 1 saturated carbocycles. The van der Waals surface area contributed by atoms with Gasteiger partial charge in [0.2, 0.25) is 11.8 Å². The lowest BCUT2D eigenvalue weighted by Gasteiger charge is -2.36. The highest BCUT2D eigenvalue weighted by Gasteiger charge is 2.44. The van der Waals surface area contributed by atoms with Gasteiger partial charge in [-0.05, 0) is 89.8 Å². The van der Waals surface area contributed by atoms with Crippen molar-refractivity contribution in [3.8, 4) is 11.5 Å². The molecule has 2 atom stereocenters. The molecule has 2 aromatic rings. The molecule has 3 amide bonds. The smallest absolute Gasteiger partial charge is 0.408 e. The number of carbonyl (C=O) groups is 3. The fourth-order valence-corrected chi connectivity index (χ4v) is 4.10. The van der Waals surface area contributed by atoms with Crippen LogP contribution >= 0.6 is 0 Å². The van der Waals surface area contributed by atoms with E-state index < -0.39 is 35.2 Å². The average molecular weight is 526 g/mol. The van der Waals surface area contributed by atoms with Gasteiger partial charge < -0.3 is 30.5 Å². The lowest BCUT2D eigenvalue weighted by molar-refractivity contribution is -0.143. The first-order chi connectivity index (χ1) is 17.6. The number of phenolic OH excluding ortho intramolecular Hbond substituents is 2. The maximum absolute atomic E-state index is 14.2. The van der Waals surface area contributed by atoms with Gasteiger partial charge in [0.1, 0.15) is 29.2 Å². The molecule has 0 bridgehead atoms. The second-order valence-electron chi connectivity index (χ2n) is 11.8. The number of phenols is 2. The van der Waals surface area contributed by atoms with E-state index in [2.05, 4.69) is 10.6 Å². The molecule has 0 aromatic heterocycles. The van der Waals surface area contributed by atoms with Crippen LogP contribution in [0.5, 0.6) is 11.5 Å². The number of ether oxygens (including phenoxy) is 1. The summed E-state index contributed by atoms with van der Waals surface area (Å²) < 4.78 is 5.43. The lowest BCUT2D eigenvalue weighted by atomic mass is 9.98. The minimum absolute atomic E-state index is 0.0461. The highest BCUT2D eigenvalue weighted by atomic mass is 16.6. The Balaban J connectivity index is 2.01. The first kappa shape index (κ1) is 28.8. The van der Waals surface area contributed by atoms with Crippen LogP contribution in [0.25, 0.3) is 0 Å². The summed E-state index contributed by atoms with van der Waals surface area (Å²) in [7, 11) is 0. The van der Waals surface area contributed by atoms with Crippen LogP contribution in [0.15, 0.2) is 48.5 Å². The molecule has 0 aliphatic heterocycles. The molecular formula is C29H39N3O6. The van der Waals surface area contributed by atoms with E-state index in [1.807, 2.05) is 20.8 Å². The van der Waals surface area contributed by atoms with Crippen LogP contribution in [0.4, 0.5) is 4.79 Å². The molecule has 3 rings (SSSR count). The first-order valence-electron chi connectivity index (χ1n) is 12.8. The molecule has 38 heavy (non-hydrogen) atoms. The Morgan fingerprint density at radius 2 is 1.45 bits per heavy atom. The highest BCUT2D eigenvalue weighted by Crippen LogP contribution is 2.36. The summed E-state index contributed by atoms with van der Waals surface area (Å²) in [5, 5.41) is 25.2. The third-order valence-corrected chi connectivity index (χ3v) is 5.79. The van der Waals surface area contributed by atoms with Gasteiger partial charge in [-0.25, -0.2) is 4.79 Å². The van der Waals surface area contributed by atoms with Crippen molar-refractivity contribution in [2.75, 3.05) is 0 Å². The molecule has 0 heterocycles. The molecule has 0 radical (unpaired) electrons. The summed E-state index contributed by atoms with van der Waals surface area (Å²) in [6.45, 7) is 10.8. The van der Waals surface area contributed by atoms with Crippen molar-refractivity contribution in [2.45, 2.75) is 90.1 Å². The van der Waals surface area contributed by atoms with Gasteiger partial charge in [0, 0.05) is 18.0 Å². The van der Waals surface area contributed by atoms with Crippen LogP contribution in [0.3, 0.4) is 0 Å². The van der Waals surface area contributed by atoms with E-state index in [1.54, 1.807) is 49.9 Å². The number of hydrogen-bond donors (Lipinski definition) is 4. The largest absolute Gasteiger partial charge is 0.508 e. The van der Waals surface area contributed by atoms with Crippen molar-refractivity contribution in [2.24, 2.45) is 0 Å².